The monoisotopic (exact) mass is 308 g/mol. The maximum Gasteiger partial charge on any atom is 0.314 e. The third kappa shape index (κ3) is 1.74. The Morgan fingerprint density at radius 3 is 2.59 bits per heavy atom. The zero-order valence-corrected chi connectivity index (χ0v) is 13.9. The minimum atomic E-state index is -1.01. The number of hydrogen-bond donors (Lipinski definition) is 2. The molecule has 0 spiro atoms. The Labute approximate surface area is 132 Å². The number of allylic oxidation sites excluding steroid dienone is 1. The molecule has 3 aliphatic rings. The average molecular weight is 308 g/mol. The first-order chi connectivity index (χ1) is 10.2. The molecule has 4 nitrogen and oxygen atoms in total. The second kappa shape index (κ2) is 4.81. The van der Waals surface area contributed by atoms with Crippen LogP contribution in [0, 0.1) is 22.2 Å². The molecule has 0 amide bonds. The highest BCUT2D eigenvalue weighted by Crippen LogP contribution is 2.68. The molecule has 3 rings (SSSR count). The minimum Gasteiger partial charge on any atom is -0.469 e. The Morgan fingerprint density at radius 2 is 1.95 bits per heavy atom. The van der Waals surface area contributed by atoms with E-state index >= 15 is 0 Å². The third-order valence-corrected chi connectivity index (χ3v) is 6.80. The highest BCUT2D eigenvalue weighted by atomic mass is 16.5. The van der Waals surface area contributed by atoms with Crippen molar-refractivity contribution < 1.29 is 19.7 Å². The summed E-state index contributed by atoms with van der Waals surface area (Å²) < 4.78 is 5.13. The van der Waals surface area contributed by atoms with E-state index in [1.165, 1.54) is 7.11 Å². The van der Waals surface area contributed by atoms with Crippen LogP contribution in [0.5, 0.6) is 0 Å². The van der Waals surface area contributed by atoms with Crippen molar-refractivity contribution in [2.45, 2.75) is 64.6 Å². The van der Waals surface area contributed by atoms with Crippen molar-refractivity contribution in [3.8, 4) is 0 Å². The van der Waals surface area contributed by atoms with Gasteiger partial charge in [0.2, 0.25) is 0 Å². The lowest BCUT2D eigenvalue weighted by molar-refractivity contribution is -0.190. The van der Waals surface area contributed by atoms with Crippen LogP contribution in [0.1, 0.15) is 52.4 Å². The van der Waals surface area contributed by atoms with Crippen molar-refractivity contribution in [1.29, 1.82) is 0 Å². The summed E-state index contributed by atoms with van der Waals surface area (Å²) in [6.45, 7) is 8.32. The van der Waals surface area contributed by atoms with Crippen molar-refractivity contribution in [3.05, 3.63) is 12.2 Å². The topological polar surface area (TPSA) is 66.8 Å². The molecule has 0 radical (unpaired) electrons. The van der Waals surface area contributed by atoms with Crippen LogP contribution in [-0.2, 0) is 9.53 Å². The zero-order valence-electron chi connectivity index (χ0n) is 13.9. The fourth-order valence-corrected chi connectivity index (χ4v) is 6.00. The fraction of sp³-hybridized carbons (Fsp3) is 0.833. The van der Waals surface area contributed by atoms with E-state index in [4.69, 9.17) is 4.74 Å². The van der Waals surface area contributed by atoms with Crippen molar-refractivity contribution in [3.63, 3.8) is 0 Å². The van der Waals surface area contributed by atoms with E-state index in [0.717, 1.165) is 24.8 Å². The van der Waals surface area contributed by atoms with Gasteiger partial charge in [0, 0.05) is 5.92 Å². The number of aliphatic hydroxyl groups excluding tert-OH is 2. The van der Waals surface area contributed by atoms with Crippen LogP contribution < -0.4 is 0 Å². The van der Waals surface area contributed by atoms with Gasteiger partial charge in [0.1, 0.15) is 5.41 Å². The lowest BCUT2D eigenvalue weighted by Gasteiger charge is -2.52. The van der Waals surface area contributed by atoms with Crippen molar-refractivity contribution in [2.75, 3.05) is 7.11 Å². The van der Waals surface area contributed by atoms with Gasteiger partial charge in [-0.3, -0.25) is 4.79 Å². The quantitative estimate of drug-likeness (QED) is 0.577. The molecule has 0 saturated heterocycles. The summed E-state index contributed by atoms with van der Waals surface area (Å²) in [4.78, 5) is 12.8. The zero-order chi connectivity index (χ0) is 16.3. The van der Waals surface area contributed by atoms with E-state index in [-0.39, 0.29) is 17.3 Å². The molecule has 0 aromatic carbocycles. The molecule has 0 aliphatic heterocycles. The Kier molecular flexibility index (Phi) is 3.50. The number of carbonyl (C=O) groups excluding carboxylic acids is 1. The number of aliphatic hydroxyl groups is 2. The minimum absolute atomic E-state index is 0.222. The molecule has 4 heteroatoms. The third-order valence-electron chi connectivity index (χ3n) is 6.80. The maximum absolute atomic E-state index is 12.8. The van der Waals surface area contributed by atoms with Crippen LogP contribution in [0.25, 0.3) is 0 Å². The molecule has 3 fully saturated rings. The summed E-state index contributed by atoms with van der Waals surface area (Å²) in [6, 6.07) is 0. The van der Waals surface area contributed by atoms with Gasteiger partial charge in [-0.25, -0.2) is 0 Å². The van der Waals surface area contributed by atoms with Gasteiger partial charge < -0.3 is 14.9 Å². The lowest BCUT2D eigenvalue weighted by atomic mass is 9.52. The molecule has 0 aromatic heterocycles. The first-order valence-electron chi connectivity index (χ1n) is 8.35. The van der Waals surface area contributed by atoms with E-state index in [1.807, 2.05) is 13.8 Å². The van der Waals surface area contributed by atoms with Crippen molar-refractivity contribution in [1.82, 2.24) is 0 Å². The highest BCUT2D eigenvalue weighted by molar-refractivity contribution is 5.79. The Hall–Kier alpha value is -0.870. The highest BCUT2D eigenvalue weighted by Gasteiger charge is 2.70. The molecule has 2 bridgehead atoms. The van der Waals surface area contributed by atoms with Crippen molar-refractivity contribution in [2.24, 2.45) is 22.2 Å². The predicted octanol–water partition coefficient (Wildman–Crippen LogP) is 2.43. The number of methoxy groups -OCH3 is 1. The van der Waals surface area contributed by atoms with Crippen LogP contribution in [0.4, 0.5) is 0 Å². The van der Waals surface area contributed by atoms with Gasteiger partial charge in [-0.1, -0.05) is 32.4 Å². The fourth-order valence-electron chi connectivity index (χ4n) is 6.00. The summed E-state index contributed by atoms with van der Waals surface area (Å²) >= 11 is 0. The van der Waals surface area contributed by atoms with Gasteiger partial charge in [0.15, 0.2) is 0 Å². The summed E-state index contributed by atoms with van der Waals surface area (Å²) in [5, 5.41) is 21.9. The Balaban J connectivity index is 2.26. The number of esters is 1. The second-order valence-corrected chi connectivity index (χ2v) is 8.30. The number of hydrogen-bond acceptors (Lipinski definition) is 4. The first kappa shape index (κ1) is 16.0. The van der Waals surface area contributed by atoms with Gasteiger partial charge in [0.25, 0.3) is 0 Å². The molecule has 0 aromatic rings. The molecule has 0 heterocycles. The standard InChI is InChI=1S/C18H28O4/c1-11-10-16(2,3)14(20)18(15(21)22-4)8-5-7-17(11)9-6-12(19)13(17)18/h12-14,19-20H,1,5-10H2,2-4H3/t12-,13+,14+,17-,18-/m0/s1. The molecule has 5 atom stereocenters. The Bertz CT molecular complexity index is 507. The van der Waals surface area contributed by atoms with E-state index < -0.39 is 23.0 Å². The summed E-state index contributed by atoms with van der Waals surface area (Å²) in [7, 11) is 1.38. The number of rotatable bonds is 1. The SMILES string of the molecule is C=C1CC(C)(C)[C@@H](O)[C@]2(C(=O)OC)CCC[C@]13CC[C@H](O)[C@H]32. The smallest absolute Gasteiger partial charge is 0.314 e. The predicted molar refractivity (Wildman–Crippen MR) is 83.0 cm³/mol. The van der Waals surface area contributed by atoms with Crippen LogP contribution in [0.15, 0.2) is 12.2 Å². The average Bonchev–Trinajstić information content (AvgIpc) is 2.82. The van der Waals surface area contributed by atoms with Crippen LogP contribution in [0.3, 0.4) is 0 Å². The van der Waals surface area contributed by atoms with Crippen LogP contribution in [0.2, 0.25) is 0 Å². The molecular weight excluding hydrogens is 280 g/mol. The first-order valence-corrected chi connectivity index (χ1v) is 8.35. The summed E-state index contributed by atoms with van der Waals surface area (Å²) in [5.41, 5.74) is -0.581. The van der Waals surface area contributed by atoms with E-state index in [9.17, 15) is 15.0 Å². The maximum atomic E-state index is 12.8. The van der Waals surface area contributed by atoms with Gasteiger partial charge >= 0.3 is 5.97 Å². The summed E-state index contributed by atoms with van der Waals surface area (Å²) in [5.74, 6) is -0.636. The molecule has 3 saturated carbocycles. The van der Waals surface area contributed by atoms with Gasteiger partial charge in [-0.05, 0) is 42.9 Å². The largest absolute Gasteiger partial charge is 0.469 e. The molecule has 2 N–H and O–H groups in total. The lowest BCUT2D eigenvalue weighted by Crippen LogP contribution is -2.59. The van der Waals surface area contributed by atoms with E-state index in [1.54, 1.807) is 0 Å². The van der Waals surface area contributed by atoms with Gasteiger partial charge in [-0.15, -0.1) is 0 Å². The molecule has 124 valence electrons. The number of carbonyl (C=O) groups is 1. The van der Waals surface area contributed by atoms with Crippen LogP contribution in [-0.4, -0.2) is 35.5 Å². The van der Waals surface area contributed by atoms with Gasteiger partial charge in [0.05, 0.1) is 19.3 Å². The number of ether oxygens (including phenoxy) is 1. The molecule has 3 aliphatic carbocycles. The van der Waals surface area contributed by atoms with Crippen LogP contribution >= 0.6 is 0 Å². The Morgan fingerprint density at radius 1 is 1.27 bits per heavy atom. The normalized spacial score (nSPS) is 46.8. The van der Waals surface area contributed by atoms with Gasteiger partial charge in [-0.2, -0.15) is 0 Å². The second-order valence-electron chi connectivity index (χ2n) is 8.30. The molecule has 0 unspecified atom stereocenters. The summed E-state index contributed by atoms with van der Waals surface area (Å²) in [6.07, 6.45) is 3.23. The van der Waals surface area contributed by atoms with E-state index in [0.29, 0.717) is 19.3 Å². The molecule has 22 heavy (non-hydrogen) atoms. The molecular formula is C18H28O4. The van der Waals surface area contributed by atoms with Crippen molar-refractivity contribution >= 4 is 5.97 Å². The van der Waals surface area contributed by atoms with E-state index in [2.05, 4.69) is 6.58 Å².